The highest BCUT2D eigenvalue weighted by molar-refractivity contribution is 7.89. The monoisotopic (exact) mass is 389 g/mol. The van der Waals surface area contributed by atoms with E-state index in [0.29, 0.717) is 24.7 Å². The zero-order valence-electron chi connectivity index (χ0n) is 16.1. The highest BCUT2D eigenvalue weighted by Gasteiger charge is 2.38. The van der Waals surface area contributed by atoms with E-state index in [1.807, 2.05) is 50.2 Å². The molecule has 0 atom stereocenters. The van der Waals surface area contributed by atoms with Gasteiger partial charge in [0.2, 0.25) is 10.0 Å². The summed E-state index contributed by atoms with van der Waals surface area (Å²) in [6.45, 7) is 5.23. The van der Waals surface area contributed by atoms with E-state index in [1.165, 1.54) is 0 Å². The summed E-state index contributed by atoms with van der Waals surface area (Å²) in [5.74, 6) is 0.783. The van der Waals surface area contributed by atoms with Crippen LogP contribution in [0.1, 0.15) is 29.5 Å². The number of para-hydroxylation sites is 1. The van der Waals surface area contributed by atoms with Gasteiger partial charge in [-0.25, -0.2) is 13.1 Å². The van der Waals surface area contributed by atoms with Crippen molar-refractivity contribution in [1.82, 2.24) is 4.72 Å². The van der Waals surface area contributed by atoms with Crippen molar-refractivity contribution in [2.75, 3.05) is 26.9 Å². The minimum absolute atomic E-state index is 0.312. The molecule has 1 aliphatic rings. The van der Waals surface area contributed by atoms with Crippen molar-refractivity contribution in [3.63, 3.8) is 0 Å². The Hall–Kier alpha value is -1.89. The first kappa shape index (κ1) is 19.9. The van der Waals surface area contributed by atoms with Crippen molar-refractivity contribution in [1.29, 1.82) is 0 Å². The largest absolute Gasteiger partial charge is 0.496 e. The Morgan fingerprint density at radius 1 is 1.11 bits per heavy atom. The van der Waals surface area contributed by atoms with Crippen molar-refractivity contribution >= 4 is 10.0 Å². The molecule has 0 aromatic heterocycles. The predicted octanol–water partition coefficient (Wildman–Crippen LogP) is 3.34. The van der Waals surface area contributed by atoms with Gasteiger partial charge in [0.25, 0.3) is 0 Å². The van der Waals surface area contributed by atoms with E-state index in [1.54, 1.807) is 13.2 Å². The lowest BCUT2D eigenvalue weighted by atomic mass is 9.74. The molecule has 0 saturated carbocycles. The van der Waals surface area contributed by atoms with Crippen LogP contribution in [0, 0.1) is 13.8 Å². The second-order valence-corrected chi connectivity index (χ2v) is 8.92. The fourth-order valence-corrected chi connectivity index (χ4v) is 5.15. The summed E-state index contributed by atoms with van der Waals surface area (Å²) in [7, 11) is -1.97. The Bertz CT molecular complexity index is 902. The Kier molecular flexibility index (Phi) is 5.89. The average molecular weight is 390 g/mol. The van der Waals surface area contributed by atoms with Crippen LogP contribution in [-0.2, 0) is 20.2 Å². The molecule has 3 rings (SSSR count). The second kappa shape index (κ2) is 8.00. The van der Waals surface area contributed by atoms with Crippen LogP contribution in [-0.4, -0.2) is 35.3 Å². The van der Waals surface area contributed by atoms with Crippen molar-refractivity contribution in [2.24, 2.45) is 0 Å². The molecule has 146 valence electrons. The van der Waals surface area contributed by atoms with Gasteiger partial charge in [-0.2, -0.15) is 0 Å². The fraction of sp³-hybridized carbons (Fsp3) is 0.429. The van der Waals surface area contributed by atoms with E-state index >= 15 is 0 Å². The minimum atomic E-state index is -3.61. The first-order valence-corrected chi connectivity index (χ1v) is 10.6. The molecule has 1 heterocycles. The maximum Gasteiger partial charge on any atom is 0.240 e. The number of aryl methyl sites for hydroxylation is 2. The van der Waals surface area contributed by atoms with Gasteiger partial charge >= 0.3 is 0 Å². The number of methoxy groups -OCH3 is 1. The van der Waals surface area contributed by atoms with Gasteiger partial charge in [-0.05, 0) is 49.9 Å². The molecule has 6 heteroatoms. The summed E-state index contributed by atoms with van der Waals surface area (Å²) in [4.78, 5) is 0.338. The molecule has 27 heavy (non-hydrogen) atoms. The van der Waals surface area contributed by atoms with Crippen LogP contribution in [0.4, 0.5) is 0 Å². The summed E-state index contributed by atoms with van der Waals surface area (Å²) in [6.07, 6.45) is 1.48. The maximum absolute atomic E-state index is 13.0. The van der Waals surface area contributed by atoms with E-state index < -0.39 is 10.0 Å². The maximum atomic E-state index is 13.0. The summed E-state index contributed by atoms with van der Waals surface area (Å²) < 4.78 is 40.0. The SMILES string of the molecule is COc1ccccc1C1(CNS(=O)(=O)c2cc(C)ccc2C)CCOCC1. The molecular weight excluding hydrogens is 362 g/mol. The third-order valence-corrected chi connectivity index (χ3v) is 6.91. The number of rotatable bonds is 6. The van der Waals surface area contributed by atoms with Crippen molar-refractivity contribution < 1.29 is 17.9 Å². The number of nitrogens with one attached hydrogen (secondary N) is 1. The minimum Gasteiger partial charge on any atom is -0.496 e. The van der Waals surface area contributed by atoms with Gasteiger partial charge in [0, 0.05) is 30.7 Å². The van der Waals surface area contributed by atoms with E-state index in [4.69, 9.17) is 9.47 Å². The molecule has 0 aliphatic carbocycles. The van der Waals surface area contributed by atoms with Crippen molar-refractivity contribution in [3.05, 3.63) is 59.2 Å². The number of sulfonamides is 1. The summed E-state index contributed by atoms with van der Waals surface area (Å²) in [5, 5.41) is 0. The first-order chi connectivity index (χ1) is 12.9. The average Bonchev–Trinajstić information content (AvgIpc) is 2.69. The molecule has 0 unspecified atom stereocenters. The lowest BCUT2D eigenvalue weighted by Gasteiger charge is -2.38. The van der Waals surface area contributed by atoms with Crippen LogP contribution in [0.15, 0.2) is 47.4 Å². The molecule has 1 aliphatic heterocycles. The Balaban J connectivity index is 1.93. The van der Waals surface area contributed by atoms with Gasteiger partial charge < -0.3 is 9.47 Å². The van der Waals surface area contributed by atoms with Gasteiger partial charge in [-0.1, -0.05) is 30.3 Å². The second-order valence-electron chi connectivity index (χ2n) is 7.19. The van der Waals surface area contributed by atoms with Crippen LogP contribution in [0.2, 0.25) is 0 Å². The zero-order chi connectivity index (χ0) is 19.5. The summed E-state index contributed by atoms with van der Waals surface area (Å²) in [6, 6.07) is 13.3. The lowest BCUT2D eigenvalue weighted by Crippen LogP contribution is -2.44. The Labute approximate surface area is 161 Å². The normalized spacial score (nSPS) is 16.9. The fourth-order valence-electron chi connectivity index (χ4n) is 3.69. The molecule has 0 radical (unpaired) electrons. The van der Waals surface area contributed by atoms with Crippen molar-refractivity contribution in [3.8, 4) is 5.75 Å². The number of benzene rings is 2. The Morgan fingerprint density at radius 2 is 1.81 bits per heavy atom. The number of ether oxygens (including phenoxy) is 2. The third kappa shape index (κ3) is 4.18. The van der Waals surface area contributed by atoms with E-state index in [0.717, 1.165) is 35.3 Å². The molecule has 1 N–H and O–H groups in total. The van der Waals surface area contributed by atoms with E-state index in [2.05, 4.69) is 4.72 Å². The molecule has 0 bridgehead atoms. The van der Waals surface area contributed by atoms with Crippen molar-refractivity contribution in [2.45, 2.75) is 37.0 Å². The van der Waals surface area contributed by atoms with Gasteiger partial charge in [-0.15, -0.1) is 0 Å². The smallest absolute Gasteiger partial charge is 0.240 e. The quantitative estimate of drug-likeness (QED) is 0.823. The lowest BCUT2D eigenvalue weighted by molar-refractivity contribution is 0.0509. The summed E-state index contributed by atoms with van der Waals surface area (Å²) in [5.41, 5.74) is 2.34. The van der Waals surface area contributed by atoms with E-state index in [9.17, 15) is 8.42 Å². The summed E-state index contributed by atoms with van der Waals surface area (Å²) >= 11 is 0. The van der Waals surface area contributed by atoms with Crippen LogP contribution in [0.3, 0.4) is 0 Å². The molecular formula is C21H27NO4S. The van der Waals surface area contributed by atoms with E-state index in [-0.39, 0.29) is 5.41 Å². The van der Waals surface area contributed by atoms with Crippen LogP contribution in [0.5, 0.6) is 5.75 Å². The molecule has 0 amide bonds. The Morgan fingerprint density at radius 3 is 2.52 bits per heavy atom. The van der Waals surface area contributed by atoms with Gasteiger partial charge in [-0.3, -0.25) is 0 Å². The zero-order valence-corrected chi connectivity index (χ0v) is 16.9. The first-order valence-electron chi connectivity index (χ1n) is 9.16. The molecule has 0 spiro atoms. The van der Waals surface area contributed by atoms with Crippen LogP contribution >= 0.6 is 0 Å². The van der Waals surface area contributed by atoms with Gasteiger partial charge in [0.1, 0.15) is 5.75 Å². The van der Waals surface area contributed by atoms with Gasteiger partial charge in [0.15, 0.2) is 0 Å². The molecule has 2 aromatic carbocycles. The number of hydrogen-bond acceptors (Lipinski definition) is 4. The van der Waals surface area contributed by atoms with Crippen LogP contribution in [0.25, 0.3) is 0 Å². The topological polar surface area (TPSA) is 64.6 Å². The molecule has 5 nitrogen and oxygen atoms in total. The highest BCUT2D eigenvalue weighted by Crippen LogP contribution is 2.39. The molecule has 1 saturated heterocycles. The standard InChI is InChI=1S/C21H27NO4S/c1-16-8-9-17(2)20(14-16)27(23,24)22-15-21(10-12-26-13-11-21)18-6-4-5-7-19(18)25-3/h4-9,14,22H,10-13,15H2,1-3H3. The number of hydrogen-bond donors (Lipinski definition) is 1. The predicted molar refractivity (Wildman–Crippen MR) is 106 cm³/mol. The third-order valence-electron chi connectivity index (χ3n) is 5.36. The molecule has 1 fully saturated rings. The van der Waals surface area contributed by atoms with Crippen LogP contribution < -0.4 is 9.46 Å². The van der Waals surface area contributed by atoms with Gasteiger partial charge in [0.05, 0.1) is 12.0 Å². The highest BCUT2D eigenvalue weighted by atomic mass is 32.2. The molecule has 2 aromatic rings.